The summed E-state index contributed by atoms with van der Waals surface area (Å²) in [6.07, 6.45) is -1.78. The lowest BCUT2D eigenvalue weighted by Gasteiger charge is -2.29. The van der Waals surface area contributed by atoms with Crippen LogP contribution in [0.4, 0.5) is 9.59 Å². The number of nitrogens with one attached hydrogen (secondary N) is 4. The molecule has 2 rings (SSSR count). The molecular weight excluding hydrogens is 512 g/mol. The highest BCUT2D eigenvalue weighted by molar-refractivity contribution is 7.82. The molecule has 0 aromatic heterocycles. The molecule has 0 saturated heterocycles. The first-order chi connectivity index (χ1) is 18.2. The highest BCUT2D eigenvalue weighted by Crippen LogP contribution is 2.09. The van der Waals surface area contributed by atoms with Crippen molar-refractivity contribution in [2.75, 3.05) is 6.54 Å². The third-order valence-electron chi connectivity index (χ3n) is 5.09. The number of hydrogen-bond acceptors (Lipinski definition) is 8. The Balaban J connectivity index is 2.12. The summed E-state index contributed by atoms with van der Waals surface area (Å²) in [4.78, 5) is 61.8. The molecule has 3 unspecified atom stereocenters. The molecule has 12 heteroatoms. The Kier molecular flexibility index (Phi) is 12.6. The fraction of sp³-hybridized carbons (Fsp3) is 0.308. The Morgan fingerprint density at radius 1 is 0.763 bits per heavy atom. The smallest absolute Gasteiger partial charge is 0.408 e. The average Bonchev–Trinajstić information content (AvgIpc) is 2.91. The Morgan fingerprint density at radius 3 is 1.71 bits per heavy atom. The minimum Gasteiger partial charge on any atom is -0.445 e. The maximum atomic E-state index is 13.5. The molecule has 0 bridgehead atoms. The van der Waals surface area contributed by atoms with Gasteiger partial charge in [0.2, 0.25) is 11.8 Å². The van der Waals surface area contributed by atoms with E-state index in [9.17, 15) is 24.0 Å². The molecular formula is C26H31N4O7S. The second-order valence-electron chi connectivity index (χ2n) is 8.16. The Hall–Kier alpha value is -4.06. The molecule has 2 aromatic carbocycles. The molecule has 4 amide bonds. The van der Waals surface area contributed by atoms with E-state index >= 15 is 0 Å². The van der Waals surface area contributed by atoms with Gasteiger partial charge in [-0.3, -0.25) is 14.4 Å². The molecule has 0 aliphatic heterocycles. The number of ketones is 1. The number of Topliss-reactive ketones (excluding diaryl/α,β-unsaturated/α-hetero) is 1. The van der Waals surface area contributed by atoms with Crippen molar-refractivity contribution in [3.63, 3.8) is 0 Å². The molecule has 0 heterocycles. The number of amides is 4. The van der Waals surface area contributed by atoms with Crippen LogP contribution < -0.4 is 21.3 Å². The first-order valence-corrected chi connectivity index (χ1v) is 12.2. The molecule has 203 valence electrons. The quantitative estimate of drug-likeness (QED) is 0.242. The molecule has 0 aliphatic rings. The van der Waals surface area contributed by atoms with Crippen LogP contribution in [0.2, 0.25) is 0 Å². The van der Waals surface area contributed by atoms with Crippen LogP contribution in [0.1, 0.15) is 25.0 Å². The predicted octanol–water partition coefficient (Wildman–Crippen LogP) is 1.88. The van der Waals surface area contributed by atoms with E-state index in [-0.39, 0.29) is 19.8 Å². The minimum absolute atomic E-state index is 0.0231. The van der Waals surface area contributed by atoms with Crippen LogP contribution in [0, 0.1) is 5.75 Å². The van der Waals surface area contributed by atoms with Gasteiger partial charge in [0, 0.05) is 26.1 Å². The fourth-order valence-corrected chi connectivity index (χ4v) is 3.50. The van der Waals surface area contributed by atoms with Gasteiger partial charge in [-0.1, -0.05) is 60.7 Å². The minimum atomic E-state index is -1.36. The number of carbonyl (C=O) groups excluding carboxylic acids is 5. The first kappa shape index (κ1) is 30.2. The lowest BCUT2D eigenvalue weighted by atomic mass is 9.98. The number of rotatable bonds is 13. The lowest BCUT2D eigenvalue weighted by Crippen LogP contribution is -2.61. The van der Waals surface area contributed by atoms with Crippen molar-refractivity contribution in [1.82, 2.24) is 21.3 Å². The standard InChI is InChI=1S/C26H31N4O7S/c1-17(31)27-13-21(29-25(34)36-14-19-9-5-3-6-10-19)24(33)23(28-18(2)32)22(16-38)30-26(35)37-15-20-11-7-4-8-12-20/h3-12,16,21-23,38H,13-15H2,1-2H3,(H,27,31)(H,28,32)(H,29,34)(H,30,35). The van der Waals surface area contributed by atoms with Gasteiger partial charge in [-0.15, -0.1) is 0 Å². The molecule has 3 atom stereocenters. The average molecular weight is 544 g/mol. The number of carbonyl (C=O) groups is 5. The van der Waals surface area contributed by atoms with E-state index < -0.39 is 47.9 Å². The maximum absolute atomic E-state index is 13.5. The van der Waals surface area contributed by atoms with E-state index in [0.29, 0.717) is 0 Å². The summed E-state index contributed by atoms with van der Waals surface area (Å²) in [7, 11) is 0. The second kappa shape index (κ2) is 15.9. The number of benzene rings is 2. The summed E-state index contributed by atoms with van der Waals surface area (Å²) in [5.41, 5.74) is 1.48. The monoisotopic (exact) mass is 543 g/mol. The van der Waals surface area contributed by atoms with Gasteiger partial charge in [-0.05, 0) is 11.1 Å². The van der Waals surface area contributed by atoms with Gasteiger partial charge < -0.3 is 30.7 Å². The highest BCUT2D eigenvalue weighted by Gasteiger charge is 2.36. The molecule has 11 nitrogen and oxygen atoms in total. The number of alkyl carbamates (subject to hydrolysis) is 2. The molecule has 0 aliphatic carbocycles. The number of ether oxygens (including phenoxy) is 2. The summed E-state index contributed by atoms with van der Waals surface area (Å²) >= 11 is 4.10. The van der Waals surface area contributed by atoms with Crippen molar-refractivity contribution in [3.05, 3.63) is 77.5 Å². The van der Waals surface area contributed by atoms with E-state index in [4.69, 9.17) is 9.47 Å². The maximum Gasteiger partial charge on any atom is 0.408 e. The van der Waals surface area contributed by atoms with Gasteiger partial charge in [-0.2, -0.15) is 12.6 Å². The topological polar surface area (TPSA) is 152 Å². The molecule has 4 N–H and O–H groups in total. The lowest BCUT2D eigenvalue weighted by molar-refractivity contribution is -0.128. The van der Waals surface area contributed by atoms with Crippen LogP contribution in [0.5, 0.6) is 0 Å². The van der Waals surface area contributed by atoms with Crippen LogP contribution in [-0.2, 0) is 37.1 Å². The van der Waals surface area contributed by atoms with Crippen molar-refractivity contribution in [3.8, 4) is 0 Å². The van der Waals surface area contributed by atoms with Crippen molar-refractivity contribution >= 4 is 42.4 Å². The molecule has 38 heavy (non-hydrogen) atoms. The van der Waals surface area contributed by atoms with Gasteiger partial charge in [0.05, 0.1) is 6.04 Å². The zero-order valence-electron chi connectivity index (χ0n) is 21.0. The zero-order valence-corrected chi connectivity index (χ0v) is 21.9. The normalized spacial score (nSPS) is 12.7. The van der Waals surface area contributed by atoms with E-state index in [0.717, 1.165) is 11.1 Å². The van der Waals surface area contributed by atoms with Gasteiger partial charge in [0.15, 0.2) is 5.78 Å². The molecule has 2 aromatic rings. The van der Waals surface area contributed by atoms with E-state index in [1.54, 1.807) is 48.5 Å². The summed E-state index contributed by atoms with van der Waals surface area (Å²) in [6.45, 7) is 2.07. The van der Waals surface area contributed by atoms with Gasteiger partial charge in [0.1, 0.15) is 25.3 Å². The summed E-state index contributed by atoms with van der Waals surface area (Å²) < 4.78 is 10.4. The highest BCUT2D eigenvalue weighted by atomic mass is 32.1. The van der Waals surface area contributed by atoms with Crippen LogP contribution in [-0.4, -0.2) is 54.5 Å². The predicted molar refractivity (Wildman–Crippen MR) is 142 cm³/mol. The molecule has 0 spiro atoms. The fourth-order valence-electron chi connectivity index (χ4n) is 3.26. The zero-order chi connectivity index (χ0) is 27.9. The van der Waals surface area contributed by atoms with Crippen molar-refractivity contribution in [2.45, 2.75) is 45.2 Å². The number of hydrogen-bond donors (Lipinski definition) is 5. The van der Waals surface area contributed by atoms with Crippen molar-refractivity contribution in [2.24, 2.45) is 0 Å². The second-order valence-corrected chi connectivity index (χ2v) is 8.46. The Morgan fingerprint density at radius 2 is 1.26 bits per heavy atom. The third kappa shape index (κ3) is 10.9. The van der Waals surface area contributed by atoms with E-state index in [1.165, 1.54) is 19.6 Å². The summed E-state index contributed by atoms with van der Waals surface area (Å²) in [5, 5.41) is 9.83. The first-order valence-electron chi connectivity index (χ1n) is 11.7. The van der Waals surface area contributed by atoms with Gasteiger partial charge in [-0.25, -0.2) is 9.59 Å². The van der Waals surface area contributed by atoms with Gasteiger partial charge >= 0.3 is 12.2 Å². The van der Waals surface area contributed by atoms with Crippen molar-refractivity contribution < 1.29 is 33.4 Å². The summed E-state index contributed by atoms with van der Waals surface area (Å²) in [5.74, 6) is -0.540. The van der Waals surface area contributed by atoms with E-state index in [2.05, 4.69) is 33.9 Å². The Bertz CT molecular complexity index is 1090. The van der Waals surface area contributed by atoms with Crippen LogP contribution in [0.15, 0.2) is 60.7 Å². The molecule has 0 saturated carbocycles. The third-order valence-corrected chi connectivity index (χ3v) is 5.41. The molecule has 0 fully saturated rings. The summed E-state index contributed by atoms with van der Waals surface area (Å²) in [6, 6.07) is 14.1. The van der Waals surface area contributed by atoms with Crippen LogP contribution in [0.3, 0.4) is 0 Å². The largest absolute Gasteiger partial charge is 0.445 e. The number of thiol groups is 1. The van der Waals surface area contributed by atoms with Gasteiger partial charge in [0.25, 0.3) is 0 Å². The van der Waals surface area contributed by atoms with Crippen LogP contribution >= 0.6 is 12.6 Å². The van der Waals surface area contributed by atoms with Crippen LogP contribution in [0.25, 0.3) is 0 Å². The Labute approximate surface area is 226 Å². The SMILES string of the molecule is CC(=O)NCC(NC(=O)OCc1ccccc1)C(=O)C(NC(C)=O)C([CH]S)NC(=O)OCc1ccccc1. The molecule has 1 radical (unpaired) electrons. The van der Waals surface area contributed by atoms with Crippen molar-refractivity contribution in [1.29, 1.82) is 0 Å². The van der Waals surface area contributed by atoms with E-state index in [1.807, 2.05) is 12.1 Å².